The van der Waals surface area contributed by atoms with Crippen LogP contribution in [0.5, 0.6) is 0 Å². The minimum absolute atomic E-state index is 0. The van der Waals surface area contributed by atoms with Gasteiger partial charge in [0.15, 0.2) is 0 Å². The number of carbonyl (C=O) groups is 4. The van der Waals surface area contributed by atoms with E-state index in [0.717, 1.165) is 9.80 Å². The average Bonchev–Trinajstić information content (AvgIpc) is 2.35. The Labute approximate surface area is 150 Å². The molecule has 0 aliphatic rings. The fourth-order valence-corrected chi connectivity index (χ4v) is 1.45. The molecule has 0 aromatic rings. The number of carboxylic acid groups (broad SMARTS) is 4. The van der Waals surface area contributed by atoms with Crippen LogP contribution in [-0.4, -0.2) is 78.1 Å². The molecule has 0 aromatic carbocycles. The van der Waals surface area contributed by atoms with Crippen LogP contribution in [0.2, 0.25) is 0 Å². The van der Waals surface area contributed by atoms with E-state index in [1.807, 2.05) is 0 Å². The van der Waals surface area contributed by atoms with Gasteiger partial charge in [0, 0.05) is 32.7 Å². The van der Waals surface area contributed by atoms with E-state index in [4.69, 9.17) is 5.11 Å². The fraction of sp³-hybridized carbons (Fsp3) is 0.583. The maximum absolute atomic E-state index is 10.5. The van der Waals surface area contributed by atoms with E-state index in [9.17, 15) is 34.5 Å². The third kappa shape index (κ3) is 20.3. The average molecular weight is 392 g/mol. The zero-order valence-corrected chi connectivity index (χ0v) is 14.6. The van der Waals surface area contributed by atoms with Crippen LogP contribution in [0.3, 0.4) is 0 Å². The fourth-order valence-electron chi connectivity index (χ4n) is 1.45. The van der Waals surface area contributed by atoms with Crippen molar-refractivity contribution < 1.29 is 56.7 Å². The smallest absolute Gasteiger partial charge is 0.549 e. The van der Waals surface area contributed by atoms with Crippen LogP contribution in [0, 0.1) is 6.92 Å². The topological polar surface area (TPSA) is 201 Å². The van der Waals surface area contributed by atoms with Crippen LogP contribution in [0.4, 0.5) is 0 Å². The third-order valence-electron chi connectivity index (χ3n) is 2.15. The molecule has 0 aliphatic heterocycles. The second-order valence-electron chi connectivity index (χ2n) is 3.93. The van der Waals surface area contributed by atoms with Crippen molar-refractivity contribution in [1.29, 1.82) is 0 Å². The predicted octanol–water partition coefficient (Wildman–Crippen LogP) is -4.86. The zero-order chi connectivity index (χ0) is 17.7. The number of quaternary nitrogens is 1. The van der Waals surface area contributed by atoms with Gasteiger partial charge in [-0.2, -0.15) is 6.92 Å². The Kier molecular flexibility index (Phi) is 22.2. The number of aliphatic carboxylic acids is 4. The number of carbonyl (C=O) groups excluding carboxylic acids is 3. The van der Waals surface area contributed by atoms with Crippen molar-refractivity contribution in [2.24, 2.45) is 0 Å². The minimum Gasteiger partial charge on any atom is -0.549 e. The SMILES string of the molecule is O=C([O-])CN(CCN(CC(=O)[O-])CC(=O)O)CC(=O)[O-].[CH2-]C.[Fe+3].[NH4+]. The molecule has 12 heteroatoms. The molecule has 0 rings (SSSR count). The van der Waals surface area contributed by atoms with Crippen molar-refractivity contribution in [1.82, 2.24) is 16.0 Å². The Morgan fingerprint density at radius 2 is 1.04 bits per heavy atom. The van der Waals surface area contributed by atoms with Crippen LogP contribution in [0.1, 0.15) is 6.92 Å². The van der Waals surface area contributed by atoms with Gasteiger partial charge in [0.2, 0.25) is 0 Å². The second-order valence-corrected chi connectivity index (χ2v) is 3.93. The van der Waals surface area contributed by atoms with Crippen molar-refractivity contribution in [3.63, 3.8) is 0 Å². The van der Waals surface area contributed by atoms with E-state index in [1.54, 1.807) is 6.92 Å². The van der Waals surface area contributed by atoms with Crippen LogP contribution in [0.15, 0.2) is 0 Å². The molecular formula is C12H22FeN3O8. The quantitative estimate of drug-likeness (QED) is 0.254. The molecule has 24 heavy (non-hydrogen) atoms. The van der Waals surface area contributed by atoms with Gasteiger partial charge in [-0.25, -0.2) is 0 Å². The largest absolute Gasteiger partial charge is 3.00 e. The summed E-state index contributed by atoms with van der Waals surface area (Å²) >= 11 is 0. The molecular weight excluding hydrogens is 370 g/mol. The maximum atomic E-state index is 10.5. The molecule has 0 heterocycles. The molecule has 11 nitrogen and oxygen atoms in total. The number of hydrogen-bond donors (Lipinski definition) is 2. The molecule has 0 spiro atoms. The summed E-state index contributed by atoms with van der Waals surface area (Å²) in [6.07, 6.45) is 0. The van der Waals surface area contributed by atoms with Gasteiger partial charge in [-0.05, 0) is 0 Å². The van der Waals surface area contributed by atoms with Crippen LogP contribution < -0.4 is 21.5 Å². The van der Waals surface area contributed by atoms with Gasteiger partial charge >= 0.3 is 23.0 Å². The molecule has 0 saturated carbocycles. The van der Waals surface area contributed by atoms with E-state index in [-0.39, 0.29) is 36.3 Å². The summed E-state index contributed by atoms with van der Waals surface area (Å²) in [5.74, 6) is -5.82. The number of rotatable bonds is 11. The summed E-state index contributed by atoms with van der Waals surface area (Å²) < 4.78 is 0. The Morgan fingerprint density at radius 1 is 0.792 bits per heavy atom. The Hall–Kier alpha value is -1.72. The van der Waals surface area contributed by atoms with Crippen LogP contribution in [0.25, 0.3) is 0 Å². The Morgan fingerprint density at radius 3 is 1.25 bits per heavy atom. The number of nitrogens with zero attached hydrogens (tertiary/aromatic N) is 2. The molecule has 0 bridgehead atoms. The summed E-state index contributed by atoms with van der Waals surface area (Å²) in [5, 5.41) is 39.8. The Bertz CT molecular complexity index is 326. The minimum atomic E-state index is -1.52. The van der Waals surface area contributed by atoms with Crippen molar-refractivity contribution in [3.05, 3.63) is 6.92 Å². The van der Waals surface area contributed by atoms with Crippen molar-refractivity contribution >= 4 is 23.9 Å². The number of carboxylic acids is 4. The predicted molar refractivity (Wildman–Crippen MR) is 72.6 cm³/mol. The summed E-state index contributed by atoms with van der Waals surface area (Å²) in [6, 6.07) is 0. The second kappa shape index (κ2) is 17.6. The summed E-state index contributed by atoms with van der Waals surface area (Å²) in [4.78, 5) is 43.7. The standard InChI is InChI=1S/C10H16N2O8.C2H5.Fe.H3N/c13-7(14)3-11(4-8(15)16)1-2-12(5-9(17)18)6-10(19)20;1-2;;/h1-6H2,(H,13,14)(H,15,16)(H,17,18)(H,19,20);1H2,2H3;;1H3/q;-1;+3;/p-2. The molecule has 0 fully saturated rings. The Balaban J connectivity index is -0.000000480. The normalized spacial score (nSPS) is 9.17. The molecule has 141 valence electrons. The van der Waals surface area contributed by atoms with Crippen molar-refractivity contribution in [3.8, 4) is 0 Å². The molecule has 5 N–H and O–H groups in total. The first-order chi connectivity index (χ1) is 10.2. The molecule has 0 atom stereocenters. The molecule has 1 radical (unpaired) electrons. The van der Waals surface area contributed by atoms with Gasteiger partial charge in [0.05, 0.1) is 24.5 Å². The van der Waals surface area contributed by atoms with Gasteiger partial charge < -0.3 is 47.9 Å². The van der Waals surface area contributed by atoms with E-state index >= 15 is 0 Å². The van der Waals surface area contributed by atoms with E-state index in [1.165, 1.54) is 0 Å². The molecule has 0 unspecified atom stereocenters. The van der Waals surface area contributed by atoms with E-state index in [2.05, 4.69) is 6.92 Å². The van der Waals surface area contributed by atoms with E-state index in [0.29, 0.717) is 0 Å². The molecule has 0 saturated heterocycles. The molecule has 0 aliphatic carbocycles. The first-order valence-electron chi connectivity index (χ1n) is 6.17. The monoisotopic (exact) mass is 392 g/mol. The summed E-state index contributed by atoms with van der Waals surface area (Å²) in [5.41, 5.74) is 0. The van der Waals surface area contributed by atoms with Crippen LogP contribution >= 0.6 is 0 Å². The van der Waals surface area contributed by atoms with Crippen LogP contribution in [-0.2, 0) is 36.2 Å². The van der Waals surface area contributed by atoms with E-state index < -0.39 is 50.1 Å². The van der Waals surface area contributed by atoms with Gasteiger partial charge in [-0.15, -0.1) is 0 Å². The zero-order valence-electron chi connectivity index (χ0n) is 13.5. The summed E-state index contributed by atoms with van der Waals surface area (Å²) in [7, 11) is 0. The van der Waals surface area contributed by atoms with Gasteiger partial charge in [-0.1, -0.05) is 0 Å². The van der Waals surface area contributed by atoms with Crippen molar-refractivity contribution in [2.75, 3.05) is 39.3 Å². The first-order valence-corrected chi connectivity index (χ1v) is 6.17. The van der Waals surface area contributed by atoms with Gasteiger partial charge in [0.25, 0.3) is 0 Å². The van der Waals surface area contributed by atoms with Gasteiger partial charge in [-0.3, -0.25) is 14.6 Å². The summed E-state index contributed by atoms with van der Waals surface area (Å²) in [6.45, 7) is 2.00. The third-order valence-corrected chi connectivity index (χ3v) is 2.15. The maximum Gasteiger partial charge on any atom is 3.00 e. The van der Waals surface area contributed by atoms with Crippen molar-refractivity contribution in [2.45, 2.75) is 6.92 Å². The number of hydrogen-bond acceptors (Lipinski definition) is 9. The molecule has 0 aromatic heterocycles. The molecule has 0 amide bonds. The first kappa shape index (κ1) is 30.2. The van der Waals surface area contributed by atoms with Gasteiger partial charge in [0.1, 0.15) is 0 Å².